The maximum absolute atomic E-state index is 12.4. The minimum Gasteiger partial charge on any atom is -0.495 e. The van der Waals surface area contributed by atoms with Crippen LogP contribution >= 0.6 is 0 Å². The molecule has 6 heteroatoms. The van der Waals surface area contributed by atoms with Crippen LogP contribution < -0.4 is 20.1 Å². The maximum atomic E-state index is 12.4. The Kier molecular flexibility index (Phi) is 5.89. The SMILES string of the molecule is CCOc1ccccc1Nc1ccc(C(=O)Nc2ccccc2OC)cn1. The molecule has 0 saturated heterocycles. The number of benzene rings is 2. The number of pyridine rings is 1. The summed E-state index contributed by atoms with van der Waals surface area (Å²) in [6.07, 6.45) is 1.52. The van der Waals surface area contributed by atoms with E-state index in [0.717, 1.165) is 11.4 Å². The molecule has 3 aromatic rings. The molecule has 0 aliphatic heterocycles. The Morgan fingerprint density at radius 3 is 2.33 bits per heavy atom. The third-order valence-corrected chi connectivity index (χ3v) is 3.83. The van der Waals surface area contributed by atoms with Crippen molar-refractivity contribution in [3.05, 3.63) is 72.4 Å². The molecule has 2 aromatic carbocycles. The molecule has 0 aliphatic carbocycles. The monoisotopic (exact) mass is 363 g/mol. The van der Waals surface area contributed by atoms with E-state index < -0.39 is 0 Å². The van der Waals surface area contributed by atoms with E-state index in [2.05, 4.69) is 15.6 Å². The minimum atomic E-state index is -0.256. The predicted molar refractivity (Wildman–Crippen MR) is 106 cm³/mol. The van der Waals surface area contributed by atoms with Gasteiger partial charge in [0.15, 0.2) is 0 Å². The number of para-hydroxylation sites is 4. The molecule has 2 N–H and O–H groups in total. The molecule has 1 amide bonds. The van der Waals surface area contributed by atoms with Gasteiger partial charge >= 0.3 is 0 Å². The molecular weight excluding hydrogens is 342 g/mol. The highest BCUT2D eigenvalue weighted by atomic mass is 16.5. The van der Waals surface area contributed by atoms with Gasteiger partial charge in [-0.15, -0.1) is 0 Å². The summed E-state index contributed by atoms with van der Waals surface area (Å²) in [7, 11) is 1.56. The normalized spacial score (nSPS) is 10.1. The minimum absolute atomic E-state index is 0.256. The van der Waals surface area contributed by atoms with Crippen LogP contribution in [0.4, 0.5) is 17.2 Å². The lowest BCUT2D eigenvalue weighted by atomic mass is 10.2. The van der Waals surface area contributed by atoms with Gasteiger partial charge in [0.05, 0.1) is 30.7 Å². The second-order valence-electron chi connectivity index (χ2n) is 5.64. The highest BCUT2D eigenvalue weighted by Crippen LogP contribution is 2.27. The Morgan fingerprint density at radius 1 is 0.963 bits per heavy atom. The number of amides is 1. The smallest absolute Gasteiger partial charge is 0.257 e. The number of carbonyl (C=O) groups excluding carboxylic acids is 1. The number of aromatic nitrogens is 1. The van der Waals surface area contributed by atoms with Crippen LogP contribution in [0.5, 0.6) is 11.5 Å². The fourth-order valence-corrected chi connectivity index (χ4v) is 2.53. The van der Waals surface area contributed by atoms with Crippen LogP contribution in [0.15, 0.2) is 66.9 Å². The first kappa shape index (κ1) is 18.3. The molecule has 0 aliphatic rings. The zero-order valence-electron chi connectivity index (χ0n) is 15.2. The molecule has 0 bridgehead atoms. The van der Waals surface area contributed by atoms with Crippen molar-refractivity contribution >= 4 is 23.1 Å². The Morgan fingerprint density at radius 2 is 1.67 bits per heavy atom. The van der Waals surface area contributed by atoms with E-state index in [1.165, 1.54) is 6.20 Å². The molecule has 1 heterocycles. The van der Waals surface area contributed by atoms with Gasteiger partial charge < -0.3 is 20.1 Å². The number of nitrogens with one attached hydrogen (secondary N) is 2. The number of carbonyl (C=O) groups is 1. The first-order chi connectivity index (χ1) is 13.2. The van der Waals surface area contributed by atoms with Crippen molar-refractivity contribution in [1.82, 2.24) is 4.98 Å². The summed E-state index contributed by atoms with van der Waals surface area (Å²) in [5.74, 6) is 1.72. The number of methoxy groups -OCH3 is 1. The third kappa shape index (κ3) is 4.55. The van der Waals surface area contributed by atoms with Gasteiger partial charge in [-0.2, -0.15) is 0 Å². The second kappa shape index (κ2) is 8.71. The van der Waals surface area contributed by atoms with Crippen LogP contribution in [0.25, 0.3) is 0 Å². The molecule has 0 atom stereocenters. The van der Waals surface area contributed by atoms with E-state index in [4.69, 9.17) is 9.47 Å². The van der Waals surface area contributed by atoms with Gasteiger partial charge in [-0.05, 0) is 43.3 Å². The van der Waals surface area contributed by atoms with Crippen LogP contribution in [0, 0.1) is 0 Å². The highest BCUT2D eigenvalue weighted by molar-refractivity contribution is 6.04. The zero-order valence-corrected chi connectivity index (χ0v) is 15.2. The topological polar surface area (TPSA) is 72.5 Å². The summed E-state index contributed by atoms with van der Waals surface area (Å²) in [5, 5.41) is 6.03. The molecule has 6 nitrogen and oxygen atoms in total. The van der Waals surface area contributed by atoms with Crippen molar-refractivity contribution in [2.45, 2.75) is 6.92 Å². The number of hydrogen-bond donors (Lipinski definition) is 2. The average Bonchev–Trinajstić information content (AvgIpc) is 2.70. The summed E-state index contributed by atoms with van der Waals surface area (Å²) >= 11 is 0. The fourth-order valence-electron chi connectivity index (χ4n) is 2.53. The Labute approximate surface area is 158 Å². The van der Waals surface area contributed by atoms with Crippen molar-refractivity contribution in [1.29, 1.82) is 0 Å². The maximum Gasteiger partial charge on any atom is 0.257 e. The Hall–Kier alpha value is -3.54. The zero-order chi connectivity index (χ0) is 19.1. The Bertz CT molecular complexity index is 911. The molecule has 0 radical (unpaired) electrons. The van der Waals surface area contributed by atoms with Crippen LogP contribution in [0.2, 0.25) is 0 Å². The van der Waals surface area contributed by atoms with Gasteiger partial charge in [-0.1, -0.05) is 24.3 Å². The summed E-state index contributed by atoms with van der Waals surface area (Å²) in [6.45, 7) is 2.51. The van der Waals surface area contributed by atoms with Gasteiger partial charge in [0.1, 0.15) is 17.3 Å². The van der Waals surface area contributed by atoms with Crippen molar-refractivity contribution in [2.24, 2.45) is 0 Å². The summed E-state index contributed by atoms with van der Waals surface area (Å²) < 4.78 is 10.8. The van der Waals surface area contributed by atoms with Gasteiger partial charge in [0.2, 0.25) is 0 Å². The average molecular weight is 363 g/mol. The molecule has 0 spiro atoms. The van der Waals surface area contributed by atoms with Crippen LogP contribution in [-0.2, 0) is 0 Å². The fraction of sp³-hybridized carbons (Fsp3) is 0.143. The number of rotatable bonds is 7. The van der Waals surface area contributed by atoms with Gasteiger partial charge in [0, 0.05) is 6.20 Å². The van der Waals surface area contributed by atoms with Gasteiger partial charge in [-0.25, -0.2) is 4.98 Å². The summed E-state index contributed by atoms with van der Waals surface area (Å²) in [6, 6.07) is 18.3. The van der Waals surface area contributed by atoms with E-state index in [0.29, 0.717) is 29.4 Å². The van der Waals surface area contributed by atoms with Crippen molar-refractivity contribution in [3.63, 3.8) is 0 Å². The largest absolute Gasteiger partial charge is 0.495 e. The lowest BCUT2D eigenvalue weighted by Crippen LogP contribution is -2.13. The summed E-state index contributed by atoms with van der Waals surface area (Å²) in [4.78, 5) is 16.8. The van der Waals surface area contributed by atoms with Crippen molar-refractivity contribution in [3.8, 4) is 11.5 Å². The lowest BCUT2D eigenvalue weighted by Gasteiger charge is -2.12. The first-order valence-electron chi connectivity index (χ1n) is 8.60. The van der Waals surface area contributed by atoms with E-state index in [1.54, 1.807) is 31.4 Å². The van der Waals surface area contributed by atoms with Crippen molar-refractivity contribution in [2.75, 3.05) is 24.4 Å². The third-order valence-electron chi connectivity index (χ3n) is 3.83. The number of anilines is 3. The standard InChI is InChI=1S/C21H21N3O3/c1-3-27-19-11-7-5-9-17(19)23-20-13-12-15(14-22-20)21(25)24-16-8-4-6-10-18(16)26-2/h4-14H,3H2,1-2H3,(H,22,23)(H,24,25). The van der Waals surface area contributed by atoms with E-state index in [9.17, 15) is 4.79 Å². The number of nitrogens with zero attached hydrogens (tertiary/aromatic N) is 1. The molecule has 1 aromatic heterocycles. The van der Waals surface area contributed by atoms with Crippen LogP contribution in [0.3, 0.4) is 0 Å². The molecule has 0 fully saturated rings. The predicted octanol–water partition coefficient (Wildman–Crippen LogP) is 4.48. The summed E-state index contributed by atoms with van der Waals surface area (Å²) in [5.41, 5.74) is 1.88. The van der Waals surface area contributed by atoms with E-state index in [-0.39, 0.29) is 5.91 Å². The Balaban J connectivity index is 1.71. The molecule has 0 unspecified atom stereocenters. The van der Waals surface area contributed by atoms with Crippen molar-refractivity contribution < 1.29 is 14.3 Å². The molecule has 27 heavy (non-hydrogen) atoms. The molecular formula is C21H21N3O3. The van der Waals surface area contributed by atoms with Crippen LogP contribution in [-0.4, -0.2) is 24.6 Å². The molecule has 0 saturated carbocycles. The molecule has 138 valence electrons. The first-order valence-corrected chi connectivity index (χ1v) is 8.60. The second-order valence-corrected chi connectivity index (χ2v) is 5.64. The quantitative estimate of drug-likeness (QED) is 0.647. The number of hydrogen-bond acceptors (Lipinski definition) is 5. The lowest BCUT2D eigenvalue weighted by molar-refractivity contribution is 0.102. The molecule has 3 rings (SSSR count). The van der Waals surface area contributed by atoms with E-state index >= 15 is 0 Å². The van der Waals surface area contributed by atoms with Crippen LogP contribution in [0.1, 0.15) is 17.3 Å². The van der Waals surface area contributed by atoms with Gasteiger partial charge in [-0.3, -0.25) is 4.79 Å². The van der Waals surface area contributed by atoms with Gasteiger partial charge in [0.25, 0.3) is 5.91 Å². The van der Waals surface area contributed by atoms with E-state index in [1.807, 2.05) is 43.3 Å². The number of ether oxygens (including phenoxy) is 2. The highest BCUT2D eigenvalue weighted by Gasteiger charge is 2.10.